The topological polar surface area (TPSA) is 30.5 Å². The molecular formula is C12H23NO2. The van der Waals surface area contributed by atoms with Crippen LogP contribution in [-0.4, -0.2) is 38.5 Å². The van der Waals surface area contributed by atoms with E-state index >= 15 is 0 Å². The Labute approximate surface area is 92.5 Å². The van der Waals surface area contributed by atoms with Crippen LogP contribution < -0.4 is 5.32 Å². The summed E-state index contributed by atoms with van der Waals surface area (Å²) in [7, 11) is 0. The van der Waals surface area contributed by atoms with E-state index in [0.717, 1.165) is 32.3 Å². The van der Waals surface area contributed by atoms with Gasteiger partial charge in [0.2, 0.25) is 0 Å². The van der Waals surface area contributed by atoms with Crippen LogP contribution in [0.2, 0.25) is 0 Å². The Kier molecular flexibility index (Phi) is 4.42. The van der Waals surface area contributed by atoms with Crippen molar-refractivity contribution in [1.29, 1.82) is 0 Å². The maximum Gasteiger partial charge on any atom is 0.0672 e. The lowest BCUT2D eigenvalue weighted by Crippen LogP contribution is -2.46. The number of hydrogen-bond donors (Lipinski definition) is 1. The molecule has 0 bridgehead atoms. The largest absolute Gasteiger partial charge is 0.381 e. The molecule has 3 nitrogen and oxygen atoms in total. The summed E-state index contributed by atoms with van der Waals surface area (Å²) in [4.78, 5) is 0. The van der Waals surface area contributed by atoms with Crippen molar-refractivity contribution in [2.45, 2.75) is 44.8 Å². The minimum atomic E-state index is 0.381. The molecule has 0 aromatic heterocycles. The van der Waals surface area contributed by atoms with Gasteiger partial charge in [-0.15, -0.1) is 0 Å². The molecule has 2 rings (SSSR count). The fourth-order valence-corrected chi connectivity index (χ4v) is 2.44. The molecular weight excluding hydrogens is 190 g/mol. The highest BCUT2D eigenvalue weighted by molar-refractivity contribution is 4.77. The highest BCUT2D eigenvalue weighted by Gasteiger charge is 2.22. The van der Waals surface area contributed by atoms with Crippen molar-refractivity contribution >= 4 is 0 Å². The molecule has 15 heavy (non-hydrogen) atoms. The molecule has 2 heterocycles. The van der Waals surface area contributed by atoms with Crippen LogP contribution >= 0.6 is 0 Å². The van der Waals surface area contributed by atoms with E-state index in [1.807, 2.05) is 0 Å². The molecule has 0 radical (unpaired) electrons. The Morgan fingerprint density at radius 1 is 1.27 bits per heavy atom. The van der Waals surface area contributed by atoms with Gasteiger partial charge in [-0.25, -0.2) is 0 Å². The van der Waals surface area contributed by atoms with E-state index in [0.29, 0.717) is 12.1 Å². The highest BCUT2D eigenvalue weighted by Crippen LogP contribution is 2.20. The zero-order chi connectivity index (χ0) is 10.5. The van der Waals surface area contributed by atoms with Crippen molar-refractivity contribution in [2.75, 3.05) is 26.4 Å². The molecule has 0 aliphatic carbocycles. The van der Waals surface area contributed by atoms with E-state index in [-0.39, 0.29) is 0 Å². The molecule has 2 saturated heterocycles. The number of nitrogens with one attached hydrogen (secondary N) is 1. The second kappa shape index (κ2) is 5.83. The zero-order valence-electron chi connectivity index (χ0n) is 9.71. The van der Waals surface area contributed by atoms with E-state index in [1.54, 1.807) is 0 Å². The average Bonchev–Trinajstić information content (AvgIpc) is 2.50. The van der Waals surface area contributed by atoms with Gasteiger partial charge in [0, 0.05) is 25.8 Å². The predicted octanol–water partition coefficient (Wildman–Crippen LogP) is 1.57. The van der Waals surface area contributed by atoms with Crippen LogP contribution in [0.3, 0.4) is 0 Å². The molecule has 1 N–H and O–H groups in total. The predicted molar refractivity (Wildman–Crippen MR) is 60.0 cm³/mol. The molecule has 0 aromatic rings. The van der Waals surface area contributed by atoms with Crippen LogP contribution in [0.25, 0.3) is 0 Å². The van der Waals surface area contributed by atoms with Crippen LogP contribution in [0.1, 0.15) is 32.6 Å². The maximum atomic E-state index is 5.66. The van der Waals surface area contributed by atoms with Gasteiger partial charge in [0.05, 0.1) is 12.7 Å². The third-order valence-electron chi connectivity index (χ3n) is 3.40. The molecule has 0 amide bonds. The fraction of sp³-hybridized carbons (Fsp3) is 1.00. The minimum absolute atomic E-state index is 0.381. The second-order valence-corrected chi connectivity index (χ2v) is 4.92. The molecule has 3 heteroatoms. The first kappa shape index (κ1) is 11.4. The first-order valence-electron chi connectivity index (χ1n) is 6.27. The van der Waals surface area contributed by atoms with Gasteiger partial charge in [0.15, 0.2) is 0 Å². The highest BCUT2D eigenvalue weighted by atomic mass is 16.5. The summed E-state index contributed by atoms with van der Waals surface area (Å²) in [6.45, 7) is 5.91. The van der Waals surface area contributed by atoms with Crippen LogP contribution in [0.15, 0.2) is 0 Å². The van der Waals surface area contributed by atoms with Gasteiger partial charge in [-0.05, 0) is 32.1 Å². The Morgan fingerprint density at radius 2 is 2.20 bits per heavy atom. The summed E-state index contributed by atoms with van der Waals surface area (Å²) in [6, 6.07) is 0.549. The molecule has 2 aliphatic heterocycles. The maximum absolute atomic E-state index is 5.66. The lowest BCUT2D eigenvalue weighted by atomic mass is 9.95. The van der Waals surface area contributed by atoms with Gasteiger partial charge in [0.25, 0.3) is 0 Å². The number of ether oxygens (including phenoxy) is 2. The number of rotatable bonds is 2. The van der Waals surface area contributed by atoms with Gasteiger partial charge in [-0.1, -0.05) is 6.42 Å². The van der Waals surface area contributed by atoms with Gasteiger partial charge >= 0.3 is 0 Å². The van der Waals surface area contributed by atoms with E-state index in [9.17, 15) is 0 Å². The lowest BCUT2D eigenvalue weighted by Gasteiger charge is -2.30. The van der Waals surface area contributed by atoms with E-state index in [1.165, 1.54) is 25.7 Å². The van der Waals surface area contributed by atoms with Crippen molar-refractivity contribution in [3.8, 4) is 0 Å². The standard InChI is InChI=1S/C12H23NO2/c1-10-7-13-12(9-15-10)6-11-4-2-3-5-14-8-11/h10-13H,2-9H2,1H3/t10-,11?,12?/m0/s1. The lowest BCUT2D eigenvalue weighted by molar-refractivity contribution is 0.00555. The first-order chi connectivity index (χ1) is 7.34. The average molecular weight is 213 g/mol. The van der Waals surface area contributed by atoms with E-state index in [4.69, 9.17) is 9.47 Å². The van der Waals surface area contributed by atoms with Crippen LogP contribution in [-0.2, 0) is 9.47 Å². The molecule has 2 fully saturated rings. The third-order valence-corrected chi connectivity index (χ3v) is 3.40. The molecule has 0 aromatic carbocycles. The van der Waals surface area contributed by atoms with Crippen molar-refractivity contribution in [2.24, 2.45) is 5.92 Å². The summed E-state index contributed by atoms with van der Waals surface area (Å²) in [5.74, 6) is 0.738. The van der Waals surface area contributed by atoms with Gasteiger partial charge in [-0.3, -0.25) is 0 Å². The molecule has 0 saturated carbocycles. The summed E-state index contributed by atoms with van der Waals surface area (Å²) in [5.41, 5.74) is 0. The van der Waals surface area contributed by atoms with E-state index in [2.05, 4.69) is 12.2 Å². The molecule has 0 spiro atoms. The monoisotopic (exact) mass is 213 g/mol. The number of morpholine rings is 1. The Balaban J connectivity index is 1.70. The normalized spacial score (nSPS) is 38.6. The van der Waals surface area contributed by atoms with Crippen LogP contribution in [0.4, 0.5) is 0 Å². The van der Waals surface area contributed by atoms with Crippen molar-refractivity contribution in [1.82, 2.24) is 5.32 Å². The summed E-state index contributed by atoms with van der Waals surface area (Å²) < 4.78 is 11.3. The van der Waals surface area contributed by atoms with Crippen molar-refractivity contribution < 1.29 is 9.47 Å². The first-order valence-corrected chi connectivity index (χ1v) is 6.27. The third kappa shape index (κ3) is 3.74. The second-order valence-electron chi connectivity index (χ2n) is 4.92. The van der Waals surface area contributed by atoms with Crippen molar-refractivity contribution in [3.63, 3.8) is 0 Å². The Bertz CT molecular complexity index is 170. The fourth-order valence-electron chi connectivity index (χ4n) is 2.44. The quantitative estimate of drug-likeness (QED) is 0.755. The summed E-state index contributed by atoms with van der Waals surface area (Å²) in [6.07, 6.45) is 5.49. The smallest absolute Gasteiger partial charge is 0.0672 e. The van der Waals surface area contributed by atoms with Crippen molar-refractivity contribution in [3.05, 3.63) is 0 Å². The minimum Gasteiger partial charge on any atom is -0.381 e. The van der Waals surface area contributed by atoms with Crippen LogP contribution in [0.5, 0.6) is 0 Å². The number of hydrogen-bond acceptors (Lipinski definition) is 3. The van der Waals surface area contributed by atoms with Gasteiger partial charge in [0.1, 0.15) is 0 Å². The summed E-state index contributed by atoms with van der Waals surface area (Å²) in [5, 5.41) is 3.56. The molecule has 3 atom stereocenters. The SMILES string of the molecule is C[C@H]1CNC(CC2CCCCOC2)CO1. The van der Waals surface area contributed by atoms with E-state index < -0.39 is 0 Å². The Morgan fingerprint density at radius 3 is 3.00 bits per heavy atom. The van der Waals surface area contributed by atoms with Gasteiger partial charge in [-0.2, -0.15) is 0 Å². The zero-order valence-corrected chi connectivity index (χ0v) is 9.71. The van der Waals surface area contributed by atoms with Gasteiger partial charge < -0.3 is 14.8 Å². The molecule has 88 valence electrons. The molecule has 2 aliphatic rings. The Hall–Kier alpha value is -0.120. The molecule has 2 unspecified atom stereocenters. The van der Waals surface area contributed by atoms with Crippen LogP contribution in [0, 0.1) is 5.92 Å². The summed E-state index contributed by atoms with van der Waals surface area (Å²) >= 11 is 0.